The summed E-state index contributed by atoms with van der Waals surface area (Å²) in [5.41, 5.74) is 2.04. The fourth-order valence-electron chi connectivity index (χ4n) is 3.57. The van der Waals surface area contributed by atoms with E-state index in [0.29, 0.717) is 0 Å². The Kier molecular flexibility index (Phi) is 4.57. The first kappa shape index (κ1) is 19.6. The average molecular weight is 419 g/mol. The molecular formula is C19H13F4N5O2. The molecule has 2 aromatic rings. The van der Waals surface area contributed by atoms with Gasteiger partial charge in [0.25, 0.3) is 18.4 Å². The number of amidine groups is 1. The number of aliphatic imine (C=N–C) groups is 1. The molecule has 1 saturated carbocycles. The van der Waals surface area contributed by atoms with Crippen molar-refractivity contribution < 1.29 is 27.1 Å². The number of anilines is 1. The zero-order valence-corrected chi connectivity index (χ0v) is 15.1. The van der Waals surface area contributed by atoms with Gasteiger partial charge in [0.05, 0.1) is 5.56 Å². The van der Waals surface area contributed by atoms with Crippen LogP contribution in [0.3, 0.4) is 0 Å². The minimum Gasteiger partial charge on any atom is -0.462 e. The first-order valence-electron chi connectivity index (χ1n) is 8.73. The van der Waals surface area contributed by atoms with Crippen molar-refractivity contribution in [1.29, 1.82) is 5.26 Å². The second kappa shape index (κ2) is 6.98. The number of nitrogens with one attached hydrogen (secondary N) is 1. The van der Waals surface area contributed by atoms with E-state index in [1.807, 2.05) is 0 Å². The topological polar surface area (TPSA) is 113 Å². The number of rotatable bonds is 4. The Bertz CT molecular complexity index is 1120. The lowest BCUT2D eigenvalue weighted by Crippen LogP contribution is -2.43. The molecule has 1 aliphatic heterocycles. The van der Waals surface area contributed by atoms with Crippen LogP contribution in [0.4, 0.5) is 23.2 Å². The van der Waals surface area contributed by atoms with Crippen molar-refractivity contribution in [2.75, 3.05) is 5.32 Å². The van der Waals surface area contributed by atoms with Crippen molar-refractivity contribution in [1.82, 2.24) is 4.98 Å². The molecule has 1 unspecified atom stereocenters. The summed E-state index contributed by atoms with van der Waals surface area (Å²) >= 11 is 0. The molecule has 0 radical (unpaired) electrons. The molecule has 0 bridgehead atoms. The molecule has 0 spiro atoms. The fraction of sp³-hybridized carbons (Fsp3) is 0.263. The first-order valence-corrected chi connectivity index (χ1v) is 8.73. The van der Waals surface area contributed by atoms with Crippen LogP contribution in [0.1, 0.15) is 28.0 Å². The highest BCUT2D eigenvalue weighted by Gasteiger charge is 2.64. The lowest BCUT2D eigenvalue weighted by Gasteiger charge is -2.33. The second-order valence-electron chi connectivity index (χ2n) is 6.89. The van der Waals surface area contributed by atoms with Crippen molar-refractivity contribution in [2.45, 2.75) is 24.5 Å². The van der Waals surface area contributed by atoms with E-state index in [2.05, 4.69) is 15.3 Å². The van der Waals surface area contributed by atoms with Crippen LogP contribution in [-0.2, 0) is 10.3 Å². The number of halogens is 4. The van der Waals surface area contributed by atoms with Gasteiger partial charge in [-0.05, 0) is 30.7 Å². The summed E-state index contributed by atoms with van der Waals surface area (Å²) in [5.74, 6) is -3.77. The molecule has 0 saturated heterocycles. The maximum Gasteiger partial charge on any atom is 0.283 e. The number of aromatic nitrogens is 1. The highest BCUT2D eigenvalue weighted by atomic mass is 19.3. The van der Waals surface area contributed by atoms with Gasteiger partial charge in [-0.15, -0.1) is 0 Å². The molecule has 1 fully saturated rings. The Morgan fingerprint density at radius 2 is 2.10 bits per heavy atom. The first-order chi connectivity index (χ1) is 14.3. The number of benzene rings is 1. The Labute approximate surface area is 167 Å². The molecule has 2 aliphatic rings. The number of carbonyl (C=O) groups excluding carboxylic acids is 1. The van der Waals surface area contributed by atoms with E-state index in [4.69, 9.17) is 15.7 Å². The molecule has 3 N–H and O–H groups in total. The van der Waals surface area contributed by atoms with Crippen LogP contribution >= 0.6 is 0 Å². The maximum absolute atomic E-state index is 14.6. The number of hydrogen-bond donors (Lipinski definition) is 2. The van der Waals surface area contributed by atoms with Gasteiger partial charge in [-0.25, -0.2) is 27.5 Å². The van der Waals surface area contributed by atoms with Gasteiger partial charge in [-0.1, -0.05) is 0 Å². The van der Waals surface area contributed by atoms with E-state index in [-0.39, 0.29) is 17.7 Å². The number of hydrogen-bond acceptors (Lipinski definition) is 6. The average Bonchev–Trinajstić information content (AvgIpc) is 3.48. The van der Waals surface area contributed by atoms with Gasteiger partial charge >= 0.3 is 0 Å². The molecule has 1 aromatic heterocycles. The van der Waals surface area contributed by atoms with Crippen molar-refractivity contribution >= 4 is 17.6 Å². The van der Waals surface area contributed by atoms with Gasteiger partial charge in [0.2, 0.25) is 0 Å². The van der Waals surface area contributed by atoms with Crippen LogP contribution in [-0.4, -0.2) is 29.4 Å². The highest BCUT2D eigenvalue weighted by molar-refractivity contribution is 6.03. The van der Waals surface area contributed by atoms with Crippen LogP contribution in [0, 0.1) is 28.9 Å². The predicted octanol–water partition coefficient (Wildman–Crippen LogP) is 2.68. The fourth-order valence-corrected chi connectivity index (χ4v) is 3.57. The zero-order valence-electron chi connectivity index (χ0n) is 15.1. The van der Waals surface area contributed by atoms with E-state index in [1.54, 1.807) is 6.07 Å². The van der Waals surface area contributed by atoms with Crippen molar-refractivity contribution in [3.05, 3.63) is 58.9 Å². The van der Waals surface area contributed by atoms with Gasteiger partial charge in [-0.3, -0.25) is 4.79 Å². The third-order valence-electron chi connectivity index (χ3n) is 5.04. The number of alkyl halides is 2. The normalized spacial score (nSPS) is 24.3. The molecule has 3 atom stereocenters. The van der Waals surface area contributed by atoms with E-state index in [9.17, 15) is 22.4 Å². The number of nitrogens with zero attached hydrogens (tertiary/aromatic N) is 3. The number of nitriles is 1. The molecule has 30 heavy (non-hydrogen) atoms. The molecule has 1 amide bonds. The summed E-state index contributed by atoms with van der Waals surface area (Å²) in [6.45, 7) is 0. The number of carbonyl (C=O) groups is 1. The summed E-state index contributed by atoms with van der Waals surface area (Å²) in [4.78, 5) is 19.7. The second-order valence-corrected chi connectivity index (χ2v) is 6.89. The van der Waals surface area contributed by atoms with Gasteiger partial charge in [0.15, 0.2) is 17.1 Å². The standard InChI is InChI=1S/C19H13F4N5O2/c20-12-2-1-9(27-16(29)15-13(21)3-8(6-24)7-26-15)4-10(12)19(17(22)23)11-5-14(11)30-18(25)28-19/h1-4,7,11,14,17H,5H2,(H2,25,28)(H,27,29)/t11?,14-,19-/m1/s1. The van der Waals surface area contributed by atoms with E-state index < -0.39 is 58.8 Å². The third-order valence-corrected chi connectivity index (χ3v) is 5.04. The number of pyridine rings is 1. The minimum absolute atomic E-state index is 0.0700. The molecule has 4 rings (SSSR count). The third kappa shape index (κ3) is 3.10. The van der Waals surface area contributed by atoms with Crippen LogP contribution in [0.2, 0.25) is 0 Å². The minimum atomic E-state index is -3.09. The molecule has 11 heteroatoms. The predicted molar refractivity (Wildman–Crippen MR) is 95.5 cm³/mol. The lowest BCUT2D eigenvalue weighted by atomic mass is 9.84. The van der Waals surface area contributed by atoms with Crippen molar-refractivity contribution in [3.8, 4) is 6.07 Å². The van der Waals surface area contributed by atoms with E-state index in [1.165, 1.54) is 0 Å². The van der Waals surface area contributed by atoms with Gasteiger partial charge < -0.3 is 15.8 Å². The van der Waals surface area contributed by atoms with Gasteiger partial charge in [0, 0.05) is 23.4 Å². The molecule has 2 heterocycles. The quantitative estimate of drug-likeness (QED) is 0.740. The summed E-state index contributed by atoms with van der Waals surface area (Å²) in [6.07, 6.45) is -2.45. The largest absolute Gasteiger partial charge is 0.462 e. The summed E-state index contributed by atoms with van der Waals surface area (Å²) in [5, 5.41) is 11.0. The number of ether oxygens (including phenoxy) is 1. The maximum atomic E-state index is 14.6. The Hall–Kier alpha value is -3.68. The number of nitrogens with two attached hydrogens (primary N) is 1. The van der Waals surface area contributed by atoms with Crippen molar-refractivity contribution in [2.24, 2.45) is 16.6 Å². The van der Waals surface area contributed by atoms with E-state index >= 15 is 0 Å². The van der Waals surface area contributed by atoms with Crippen LogP contribution in [0.25, 0.3) is 0 Å². The van der Waals surface area contributed by atoms with Crippen LogP contribution in [0.15, 0.2) is 35.5 Å². The van der Waals surface area contributed by atoms with Gasteiger partial charge in [0.1, 0.15) is 18.0 Å². The van der Waals surface area contributed by atoms with E-state index in [0.717, 1.165) is 30.5 Å². The zero-order chi connectivity index (χ0) is 21.6. The number of fused-ring (bicyclic) bond motifs is 1. The molecule has 7 nitrogen and oxygen atoms in total. The van der Waals surface area contributed by atoms with Crippen LogP contribution < -0.4 is 11.1 Å². The molecule has 1 aromatic carbocycles. The smallest absolute Gasteiger partial charge is 0.283 e. The summed E-state index contributed by atoms with van der Waals surface area (Å²) < 4.78 is 62.0. The monoisotopic (exact) mass is 419 g/mol. The Morgan fingerprint density at radius 1 is 1.33 bits per heavy atom. The highest BCUT2D eigenvalue weighted by Crippen LogP contribution is 2.56. The molecule has 1 aliphatic carbocycles. The SMILES string of the molecule is N#Cc1cnc(C(=O)Nc2ccc(F)c([C@@]3(C(F)F)N=C(N)O[C@@H]4CC43)c2)c(F)c1. The summed E-state index contributed by atoms with van der Waals surface area (Å²) in [7, 11) is 0. The summed E-state index contributed by atoms with van der Waals surface area (Å²) in [6, 6.07) is 5.09. The molecular weight excluding hydrogens is 406 g/mol. The Morgan fingerprint density at radius 3 is 2.77 bits per heavy atom. The van der Waals surface area contributed by atoms with Crippen molar-refractivity contribution in [3.63, 3.8) is 0 Å². The van der Waals surface area contributed by atoms with Crippen LogP contribution in [0.5, 0.6) is 0 Å². The lowest BCUT2D eigenvalue weighted by molar-refractivity contribution is 0.0177. The van der Waals surface area contributed by atoms with Gasteiger partial charge in [-0.2, -0.15) is 5.26 Å². The molecule has 154 valence electrons. The number of amides is 1. The Balaban J connectivity index is 1.70.